The second-order valence-corrected chi connectivity index (χ2v) is 5.09. The van der Waals surface area contributed by atoms with E-state index in [1.54, 1.807) is 12.1 Å². The quantitative estimate of drug-likeness (QED) is 0.811. The highest BCUT2D eigenvalue weighted by molar-refractivity contribution is 5.31. The van der Waals surface area contributed by atoms with Crippen LogP contribution in [0.2, 0.25) is 0 Å². The van der Waals surface area contributed by atoms with Crippen LogP contribution in [0.1, 0.15) is 30.9 Å². The van der Waals surface area contributed by atoms with Crippen LogP contribution in [-0.2, 0) is 0 Å². The standard InChI is InChI=1S/C14H19F3N2O/c15-14(16,17)20-12-3-1-2-11(8-12)13(9-18)19-7-6-10-4-5-10/h1-3,8,10,13,19H,4-7,9,18H2. The highest BCUT2D eigenvalue weighted by Gasteiger charge is 2.31. The molecule has 0 aliphatic heterocycles. The van der Waals surface area contributed by atoms with E-state index >= 15 is 0 Å². The predicted molar refractivity (Wildman–Crippen MR) is 70.3 cm³/mol. The lowest BCUT2D eigenvalue weighted by Crippen LogP contribution is -2.29. The molecular weight excluding hydrogens is 269 g/mol. The Morgan fingerprint density at radius 3 is 2.70 bits per heavy atom. The summed E-state index contributed by atoms with van der Waals surface area (Å²) in [7, 11) is 0. The molecule has 0 radical (unpaired) electrons. The summed E-state index contributed by atoms with van der Waals surface area (Å²) in [6.07, 6.45) is -1.01. The van der Waals surface area contributed by atoms with Gasteiger partial charge in [-0.15, -0.1) is 13.2 Å². The Balaban J connectivity index is 1.95. The van der Waals surface area contributed by atoms with E-state index in [1.807, 2.05) is 0 Å². The number of halogens is 3. The topological polar surface area (TPSA) is 47.3 Å². The summed E-state index contributed by atoms with van der Waals surface area (Å²) in [5.74, 6) is 0.596. The summed E-state index contributed by atoms with van der Waals surface area (Å²) < 4.78 is 40.5. The second-order valence-electron chi connectivity index (χ2n) is 5.09. The van der Waals surface area contributed by atoms with Crippen LogP contribution in [0.25, 0.3) is 0 Å². The van der Waals surface area contributed by atoms with Gasteiger partial charge in [0.2, 0.25) is 0 Å². The fourth-order valence-electron chi connectivity index (χ4n) is 2.13. The summed E-state index contributed by atoms with van der Waals surface area (Å²) >= 11 is 0. The van der Waals surface area contributed by atoms with Gasteiger partial charge in [0.05, 0.1) is 0 Å². The molecule has 6 heteroatoms. The maximum absolute atomic E-state index is 12.2. The van der Waals surface area contributed by atoms with Crippen LogP contribution in [0, 0.1) is 5.92 Å². The number of nitrogens with two attached hydrogens (primary N) is 1. The maximum atomic E-state index is 12.2. The number of rotatable bonds is 7. The average molecular weight is 288 g/mol. The van der Waals surface area contributed by atoms with Crippen LogP contribution in [0.5, 0.6) is 5.75 Å². The van der Waals surface area contributed by atoms with Crippen LogP contribution in [-0.4, -0.2) is 19.5 Å². The Kier molecular flexibility index (Phi) is 4.88. The van der Waals surface area contributed by atoms with Crippen molar-refractivity contribution in [3.8, 4) is 5.75 Å². The first-order valence-corrected chi connectivity index (χ1v) is 6.77. The van der Waals surface area contributed by atoms with Gasteiger partial charge >= 0.3 is 6.36 Å². The second kappa shape index (κ2) is 6.45. The van der Waals surface area contributed by atoms with Gasteiger partial charge in [-0.05, 0) is 36.6 Å². The first kappa shape index (κ1) is 15.1. The summed E-state index contributed by atoms with van der Waals surface area (Å²) in [6.45, 7) is 1.16. The van der Waals surface area contributed by atoms with Crippen LogP contribution >= 0.6 is 0 Å². The fraction of sp³-hybridized carbons (Fsp3) is 0.571. The number of hydrogen-bond acceptors (Lipinski definition) is 3. The third-order valence-electron chi connectivity index (χ3n) is 3.37. The Labute approximate surface area is 116 Å². The molecule has 1 aromatic rings. The Morgan fingerprint density at radius 1 is 1.35 bits per heavy atom. The molecule has 0 heterocycles. The molecule has 3 N–H and O–H groups in total. The van der Waals surface area contributed by atoms with Crippen molar-refractivity contribution in [2.24, 2.45) is 11.7 Å². The van der Waals surface area contributed by atoms with Gasteiger partial charge in [-0.3, -0.25) is 0 Å². The molecule has 3 nitrogen and oxygen atoms in total. The molecule has 1 unspecified atom stereocenters. The van der Waals surface area contributed by atoms with Crippen LogP contribution in [0.15, 0.2) is 24.3 Å². The molecule has 0 spiro atoms. The van der Waals surface area contributed by atoms with Gasteiger partial charge in [0.15, 0.2) is 0 Å². The number of nitrogens with one attached hydrogen (secondary N) is 1. The van der Waals surface area contributed by atoms with Crippen LogP contribution in [0.3, 0.4) is 0 Å². The molecule has 0 bridgehead atoms. The molecule has 1 aromatic carbocycles. The van der Waals surface area contributed by atoms with Crippen LogP contribution < -0.4 is 15.8 Å². The summed E-state index contributed by atoms with van der Waals surface area (Å²) in [5.41, 5.74) is 6.40. The van der Waals surface area contributed by atoms with Crippen LogP contribution in [0.4, 0.5) is 13.2 Å². The molecular formula is C14H19F3N2O. The van der Waals surface area contributed by atoms with Crippen molar-refractivity contribution >= 4 is 0 Å². The number of benzene rings is 1. The highest BCUT2D eigenvalue weighted by atomic mass is 19.4. The van der Waals surface area contributed by atoms with E-state index in [0.29, 0.717) is 12.1 Å². The van der Waals surface area contributed by atoms with E-state index in [-0.39, 0.29) is 11.8 Å². The summed E-state index contributed by atoms with van der Waals surface area (Å²) in [5, 5.41) is 3.29. The minimum atomic E-state index is -4.67. The smallest absolute Gasteiger partial charge is 0.406 e. The lowest BCUT2D eigenvalue weighted by molar-refractivity contribution is -0.274. The van der Waals surface area contributed by atoms with E-state index in [4.69, 9.17) is 5.73 Å². The van der Waals surface area contributed by atoms with Crippen molar-refractivity contribution in [1.29, 1.82) is 0 Å². The lowest BCUT2D eigenvalue weighted by atomic mass is 10.1. The minimum Gasteiger partial charge on any atom is -0.406 e. The van der Waals surface area contributed by atoms with Crippen molar-refractivity contribution in [1.82, 2.24) is 5.32 Å². The van der Waals surface area contributed by atoms with E-state index in [2.05, 4.69) is 10.1 Å². The lowest BCUT2D eigenvalue weighted by Gasteiger charge is -2.18. The van der Waals surface area contributed by atoms with Gasteiger partial charge in [0.1, 0.15) is 5.75 Å². The van der Waals surface area contributed by atoms with Gasteiger partial charge < -0.3 is 15.8 Å². The number of alkyl halides is 3. The minimum absolute atomic E-state index is 0.148. The Bertz CT molecular complexity index is 433. The Morgan fingerprint density at radius 2 is 2.10 bits per heavy atom. The largest absolute Gasteiger partial charge is 0.573 e. The Hall–Kier alpha value is -1.27. The zero-order valence-electron chi connectivity index (χ0n) is 11.1. The molecule has 112 valence electrons. The van der Waals surface area contributed by atoms with Gasteiger partial charge in [0.25, 0.3) is 0 Å². The monoisotopic (exact) mass is 288 g/mol. The molecule has 20 heavy (non-hydrogen) atoms. The van der Waals surface area contributed by atoms with Gasteiger partial charge in [0, 0.05) is 12.6 Å². The summed E-state index contributed by atoms with van der Waals surface area (Å²) in [4.78, 5) is 0. The normalized spacial score (nSPS) is 17.0. The molecule has 1 saturated carbocycles. The molecule has 1 aliphatic carbocycles. The number of ether oxygens (including phenoxy) is 1. The molecule has 0 saturated heterocycles. The van der Waals surface area contributed by atoms with Gasteiger partial charge in [-0.2, -0.15) is 0 Å². The zero-order chi connectivity index (χ0) is 14.6. The third-order valence-corrected chi connectivity index (χ3v) is 3.37. The molecule has 1 aliphatic rings. The van der Waals surface area contributed by atoms with E-state index < -0.39 is 6.36 Å². The van der Waals surface area contributed by atoms with Crippen molar-refractivity contribution in [3.05, 3.63) is 29.8 Å². The molecule has 1 fully saturated rings. The molecule has 0 aromatic heterocycles. The van der Waals surface area contributed by atoms with Crippen molar-refractivity contribution in [2.45, 2.75) is 31.7 Å². The van der Waals surface area contributed by atoms with Gasteiger partial charge in [-0.25, -0.2) is 0 Å². The van der Waals surface area contributed by atoms with Gasteiger partial charge in [-0.1, -0.05) is 25.0 Å². The molecule has 1 atom stereocenters. The number of hydrogen-bond donors (Lipinski definition) is 2. The van der Waals surface area contributed by atoms with Crippen molar-refractivity contribution < 1.29 is 17.9 Å². The highest BCUT2D eigenvalue weighted by Crippen LogP contribution is 2.32. The first-order valence-electron chi connectivity index (χ1n) is 6.77. The fourth-order valence-corrected chi connectivity index (χ4v) is 2.13. The SMILES string of the molecule is NCC(NCCC1CC1)c1cccc(OC(F)(F)F)c1. The van der Waals surface area contributed by atoms with E-state index in [0.717, 1.165) is 18.9 Å². The maximum Gasteiger partial charge on any atom is 0.573 e. The molecule has 2 rings (SSSR count). The first-order chi connectivity index (χ1) is 9.48. The van der Waals surface area contributed by atoms with E-state index in [9.17, 15) is 13.2 Å². The molecule has 0 amide bonds. The zero-order valence-corrected chi connectivity index (χ0v) is 11.1. The average Bonchev–Trinajstić information content (AvgIpc) is 3.17. The third kappa shape index (κ3) is 5.02. The van der Waals surface area contributed by atoms with Crippen molar-refractivity contribution in [2.75, 3.05) is 13.1 Å². The predicted octanol–water partition coefficient (Wildman–Crippen LogP) is 2.97. The van der Waals surface area contributed by atoms with Crippen molar-refractivity contribution in [3.63, 3.8) is 0 Å². The van der Waals surface area contributed by atoms with E-state index in [1.165, 1.54) is 25.0 Å². The summed E-state index contributed by atoms with van der Waals surface area (Å²) in [6, 6.07) is 5.82.